The van der Waals surface area contributed by atoms with Crippen molar-refractivity contribution in [2.45, 2.75) is 44.9 Å². The topological polar surface area (TPSA) is 88.3 Å². The molecule has 1 aromatic heterocycles. The molecule has 1 aliphatic rings. The van der Waals surface area contributed by atoms with Crippen LogP contribution in [-0.4, -0.2) is 33.8 Å². The zero-order valence-electron chi connectivity index (χ0n) is 14.9. The first-order chi connectivity index (χ1) is 12.5. The summed E-state index contributed by atoms with van der Waals surface area (Å²) in [4.78, 5) is 30.7. The average molecular weight is 352 g/mol. The molecule has 2 aromatic rings. The maximum absolute atomic E-state index is 12.8. The van der Waals surface area contributed by atoms with Gasteiger partial charge in [0.05, 0.1) is 12.1 Å². The van der Waals surface area contributed by atoms with Gasteiger partial charge in [-0.15, -0.1) is 0 Å². The van der Waals surface area contributed by atoms with E-state index in [0.717, 1.165) is 16.8 Å². The number of nitrogens with zero attached hydrogens (tertiary/aromatic N) is 2. The van der Waals surface area contributed by atoms with Crippen molar-refractivity contribution in [3.05, 3.63) is 65.5 Å². The fourth-order valence-corrected chi connectivity index (χ4v) is 3.49. The molecule has 0 saturated carbocycles. The van der Waals surface area contributed by atoms with Crippen LogP contribution in [0.15, 0.2) is 48.7 Å². The van der Waals surface area contributed by atoms with Crippen LogP contribution in [0.1, 0.15) is 29.7 Å². The van der Waals surface area contributed by atoms with Crippen LogP contribution in [0.2, 0.25) is 0 Å². The molecule has 6 nitrogen and oxygen atoms in total. The molecule has 0 unspecified atom stereocenters. The van der Waals surface area contributed by atoms with Crippen LogP contribution < -0.4 is 11.1 Å². The molecule has 1 saturated heterocycles. The van der Waals surface area contributed by atoms with Crippen LogP contribution in [0.3, 0.4) is 0 Å². The third-order valence-corrected chi connectivity index (χ3v) is 4.78. The molecule has 1 aliphatic heterocycles. The summed E-state index contributed by atoms with van der Waals surface area (Å²) < 4.78 is 0. The Morgan fingerprint density at radius 2 is 1.88 bits per heavy atom. The summed E-state index contributed by atoms with van der Waals surface area (Å²) in [6.07, 6.45) is 2.97. The standard InChI is InChI=1S/C20H24N4O2/c1-14-11-16(9-10-22-14)12-23-20(26)18-8-7-17(19(21)25)24(18)13-15-5-3-2-4-6-15/h2-6,9-11,17-18H,7-8,12-13H2,1H3,(H2,21,25)(H,23,26)/t17-,18+/m0/s1. The van der Waals surface area contributed by atoms with E-state index in [4.69, 9.17) is 5.73 Å². The van der Waals surface area contributed by atoms with Gasteiger partial charge >= 0.3 is 0 Å². The highest BCUT2D eigenvalue weighted by Gasteiger charge is 2.40. The Morgan fingerprint density at radius 1 is 1.15 bits per heavy atom. The predicted octanol–water partition coefficient (Wildman–Crippen LogP) is 1.52. The third-order valence-electron chi connectivity index (χ3n) is 4.78. The molecule has 2 amide bonds. The summed E-state index contributed by atoms with van der Waals surface area (Å²) in [6.45, 7) is 2.89. The molecule has 0 aliphatic carbocycles. The molecule has 2 heterocycles. The number of benzene rings is 1. The quantitative estimate of drug-likeness (QED) is 0.825. The number of primary amides is 1. The molecule has 2 atom stereocenters. The number of amides is 2. The molecular weight excluding hydrogens is 328 g/mol. The van der Waals surface area contributed by atoms with Crippen LogP contribution >= 0.6 is 0 Å². The van der Waals surface area contributed by atoms with Gasteiger partial charge in [-0.25, -0.2) is 0 Å². The summed E-state index contributed by atoms with van der Waals surface area (Å²) in [5, 5.41) is 2.98. The highest BCUT2D eigenvalue weighted by molar-refractivity contribution is 5.86. The Balaban J connectivity index is 1.69. The minimum absolute atomic E-state index is 0.0702. The van der Waals surface area contributed by atoms with Crippen molar-refractivity contribution in [3.63, 3.8) is 0 Å². The highest BCUT2D eigenvalue weighted by Crippen LogP contribution is 2.26. The zero-order chi connectivity index (χ0) is 18.5. The van der Waals surface area contributed by atoms with Crippen molar-refractivity contribution in [1.29, 1.82) is 0 Å². The molecule has 3 rings (SSSR count). The molecule has 0 bridgehead atoms. The number of nitrogens with one attached hydrogen (secondary N) is 1. The second-order valence-corrected chi connectivity index (χ2v) is 6.69. The molecule has 1 fully saturated rings. The van der Waals surface area contributed by atoms with E-state index in [1.807, 2.05) is 54.3 Å². The van der Waals surface area contributed by atoms with Gasteiger partial charge in [-0.3, -0.25) is 19.5 Å². The largest absolute Gasteiger partial charge is 0.368 e. The summed E-state index contributed by atoms with van der Waals surface area (Å²) >= 11 is 0. The zero-order valence-corrected chi connectivity index (χ0v) is 14.9. The predicted molar refractivity (Wildman–Crippen MR) is 98.8 cm³/mol. The van der Waals surface area contributed by atoms with Gasteiger partial charge in [-0.05, 0) is 43.0 Å². The van der Waals surface area contributed by atoms with Crippen molar-refractivity contribution in [2.24, 2.45) is 5.73 Å². The van der Waals surface area contributed by atoms with E-state index in [2.05, 4.69) is 10.3 Å². The Kier molecular flexibility index (Phi) is 5.63. The Morgan fingerprint density at radius 3 is 2.58 bits per heavy atom. The molecule has 0 spiro atoms. The number of carbonyl (C=O) groups is 2. The lowest BCUT2D eigenvalue weighted by Gasteiger charge is -2.28. The smallest absolute Gasteiger partial charge is 0.237 e. The van der Waals surface area contributed by atoms with Crippen LogP contribution in [0.4, 0.5) is 0 Å². The minimum atomic E-state index is -0.408. The number of carbonyl (C=O) groups excluding carboxylic acids is 2. The number of pyridine rings is 1. The number of aryl methyl sites for hydroxylation is 1. The fraction of sp³-hybridized carbons (Fsp3) is 0.350. The second-order valence-electron chi connectivity index (χ2n) is 6.69. The summed E-state index contributed by atoms with van der Waals surface area (Å²) in [7, 11) is 0. The first-order valence-corrected chi connectivity index (χ1v) is 8.83. The van der Waals surface area contributed by atoms with Gasteiger partial charge in [0.1, 0.15) is 0 Å². The highest BCUT2D eigenvalue weighted by atomic mass is 16.2. The van der Waals surface area contributed by atoms with E-state index in [9.17, 15) is 9.59 Å². The maximum Gasteiger partial charge on any atom is 0.237 e. The van der Waals surface area contributed by atoms with Crippen LogP contribution in [0.25, 0.3) is 0 Å². The molecule has 136 valence electrons. The maximum atomic E-state index is 12.8. The molecule has 26 heavy (non-hydrogen) atoms. The summed E-state index contributed by atoms with van der Waals surface area (Å²) in [5.74, 6) is -0.444. The van der Waals surface area contributed by atoms with Crippen LogP contribution in [-0.2, 0) is 22.7 Å². The lowest BCUT2D eigenvalue weighted by molar-refractivity contribution is -0.128. The molecule has 1 aromatic carbocycles. The first-order valence-electron chi connectivity index (χ1n) is 8.83. The number of hydrogen-bond donors (Lipinski definition) is 2. The van der Waals surface area contributed by atoms with Gasteiger partial charge in [0, 0.05) is 25.0 Å². The van der Waals surface area contributed by atoms with Gasteiger partial charge in [0.15, 0.2) is 0 Å². The van der Waals surface area contributed by atoms with Gasteiger partial charge in [0.25, 0.3) is 0 Å². The normalized spacial score (nSPS) is 20.0. The van der Waals surface area contributed by atoms with Crippen molar-refractivity contribution in [2.75, 3.05) is 0 Å². The van der Waals surface area contributed by atoms with E-state index >= 15 is 0 Å². The Labute approximate surface area is 153 Å². The molecule has 6 heteroatoms. The van der Waals surface area contributed by atoms with Crippen LogP contribution in [0.5, 0.6) is 0 Å². The van der Waals surface area contributed by atoms with Crippen molar-refractivity contribution in [1.82, 2.24) is 15.2 Å². The number of rotatable bonds is 6. The molecule has 0 radical (unpaired) electrons. The van der Waals surface area contributed by atoms with Gasteiger partial charge in [-0.2, -0.15) is 0 Å². The van der Waals surface area contributed by atoms with Crippen molar-refractivity contribution in [3.8, 4) is 0 Å². The van der Waals surface area contributed by atoms with Gasteiger partial charge < -0.3 is 11.1 Å². The Hall–Kier alpha value is -2.73. The summed E-state index contributed by atoms with van der Waals surface area (Å²) in [5.41, 5.74) is 8.54. The number of likely N-dealkylation sites (tertiary alicyclic amines) is 1. The van der Waals surface area contributed by atoms with Gasteiger partial charge in [0.2, 0.25) is 11.8 Å². The Bertz CT molecular complexity index is 778. The van der Waals surface area contributed by atoms with E-state index in [1.165, 1.54) is 0 Å². The number of nitrogens with two attached hydrogens (primary N) is 1. The fourth-order valence-electron chi connectivity index (χ4n) is 3.49. The monoisotopic (exact) mass is 352 g/mol. The van der Waals surface area contributed by atoms with E-state index in [1.54, 1.807) is 6.20 Å². The van der Waals surface area contributed by atoms with Crippen molar-refractivity contribution >= 4 is 11.8 Å². The minimum Gasteiger partial charge on any atom is -0.368 e. The third kappa shape index (κ3) is 4.26. The van der Waals surface area contributed by atoms with E-state index in [-0.39, 0.29) is 17.9 Å². The summed E-state index contributed by atoms with van der Waals surface area (Å²) in [6, 6.07) is 12.9. The molecule has 3 N–H and O–H groups in total. The lowest BCUT2D eigenvalue weighted by Crippen LogP contribution is -2.49. The number of hydrogen-bond acceptors (Lipinski definition) is 4. The average Bonchev–Trinajstić information content (AvgIpc) is 3.04. The van der Waals surface area contributed by atoms with E-state index in [0.29, 0.717) is 25.9 Å². The number of aromatic nitrogens is 1. The lowest BCUT2D eigenvalue weighted by atomic mass is 10.1. The second kappa shape index (κ2) is 8.10. The van der Waals surface area contributed by atoms with Crippen LogP contribution in [0, 0.1) is 6.92 Å². The molecular formula is C20H24N4O2. The van der Waals surface area contributed by atoms with Gasteiger partial charge in [-0.1, -0.05) is 30.3 Å². The SMILES string of the molecule is Cc1cc(CNC(=O)[C@H]2CC[C@@H](C(N)=O)N2Cc2ccccc2)ccn1. The van der Waals surface area contributed by atoms with E-state index < -0.39 is 6.04 Å². The van der Waals surface area contributed by atoms with Crippen molar-refractivity contribution < 1.29 is 9.59 Å². The first kappa shape index (κ1) is 18.1.